The van der Waals surface area contributed by atoms with Gasteiger partial charge in [0.1, 0.15) is 11.5 Å². The first-order chi connectivity index (χ1) is 8.24. The molecule has 1 aromatic carbocycles. The van der Waals surface area contributed by atoms with Gasteiger partial charge in [0.05, 0.1) is 0 Å². The van der Waals surface area contributed by atoms with Gasteiger partial charge < -0.3 is 10.3 Å². The van der Waals surface area contributed by atoms with Gasteiger partial charge in [-0.1, -0.05) is 35.0 Å². The van der Waals surface area contributed by atoms with Crippen molar-refractivity contribution >= 4 is 0 Å². The number of hydrogen-bond acceptors (Lipinski definition) is 3. The van der Waals surface area contributed by atoms with E-state index in [0.717, 1.165) is 36.3 Å². The lowest BCUT2D eigenvalue weighted by atomic mass is 9.91. The fraction of sp³-hybridized carbons (Fsp3) is 0.357. The smallest absolute Gasteiger partial charge is 0.142 e. The van der Waals surface area contributed by atoms with Crippen LogP contribution in [0.5, 0.6) is 0 Å². The number of nitrogens with two attached hydrogens (primary N) is 1. The van der Waals surface area contributed by atoms with E-state index >= 15 is 0 Å². The van der Waals surface area contributed by atoms with Crippen LogP contribution in [0.3, 0.4) is 0 Å². The second kappa shape index (κ2) is 4.00. The monoisotopic (exact) mass is 228 g/mol. The van der Waals surface area contributed by atoms with E-state index < -0.39 is 0 Å². The molecule has 3 rings (SSSR count). The van der Waals surface area contributed by atoms with E-state index in [0.29, 0.717) is 0 Å². The molecule has 1 unspecified atom stereocenters. The van der Waals surface area contributed by atoms with Crippen LogP contribution in [0.25, 0.3) is 11.3 Å². The third kappa shape index (κ3) is 1.87. The van der Waals surface area contributed by atoms with Crippen LogP contribution in [-0.2, 0) is 12.8 Å². The largest absolute Gasteiger partial charge is 0.360 e. The molecule has 0 bridgehead atoms. The van der Waals surface area contributed by atoms with Gasteiger partial charge >= 0.3 is 0 Å². The number of aromatic nitrogens is 1. The lowest BCUT2D eigenvalue weighted by molar-refractivity contribution is 0.363. The highest BCUT2D eigenvalue weighted by atomic mass is 16.5. The standard InChI is InChI=1S/C14H16N2O/c1-9-2-4-10(5-3-9)14-12-7-6-11(15)8-13(12)17-16-14/h2-5,11H,6-8,15H2,1H3. The molecular weight excluding hydrogens is 212 g/mol. The third-order valence-corrected chi connectivity index (χ3v) is 3.41. The molecule has 1 aromatic heterocycles. The number of nitrogens with zero attached hydrogens (tertiary/aromatic N) is 1. The Hall–Kier alpha value is -1.61. The first-order valence-corrected chi connectivity index (χ1v) is 6.04. The number of aryl methyl sites for hydroxylation is 1. The summed E-state index contributed by atoms with van der Waals surface area (Å²) in [6.07, 6.45) is 2.81. The molecule has 0 radical (unpaired) electrons. The maximum atomic E-state index is 5.93. The van der Waals surface area contributed by atoms with Crippen LogP contribution in [0.2, 0.25) is 0 Å². The zero-order chi connectivity index (χ0) is 11.8. The van der Waals surface area contributed by atoms with Gasteiger partial charge in [-0.25, -0.2) is 0 Å². The molecule has 0 aliphatic heterocycles. The van der Waals surface area contributed by atoms with Crippen molar-refractivity contribution in [2.24, 2.45) is 5.73 Å². The average Bonchev–Trinajstić information content (AvgIpc) is 2.73. The van der Waals surface area contributed by atoms with Crippen LogP contribution in [0.1, 0.15) is 23.3 Å². The summed E-state index contributed by atoms with van der Waals surface area (Å²) in [5.74, 6) is 0.972. The zero-order valence-electron chi connectivity index (χ0n) is 9.94. The molecule has 0 saturated carbocycles. The van der Waals surface area contributed by atoms with Gasteiger partial charge in [0.25, 0.3) is 0 Å². The van der Waals surface area contributed by atoms with E-state index in [2.05, 4.69) is 36.3 Å². The summed E-state index contributed by atoms with van der Waals surface area (Å²) in [5.41, 5.74) is 10.6. The topological polar surface area (TPSA) is 52.0 Å². The molecule has 0 spiro atoms. The van der Waals surface area contributed by atoms with E-state index in [1.807, 2.05) is 0 Å². The molecule has 2 aromatic rings. The Kier molecular flexibility index (Phi) is 2.48. The van der Waals surface area contributed by atoms with Crippen molar-refractivity contribution in [2.75, 3.05) is 0 Å². The van der Waals surface area contributed by atoms with Crippen molar-refractivity contribution in [3.05, 3.63) is 41.2 Å². The van der Waals surface area contributed by atoms with Crippen LogP contribution in [0, 0.1) is 6.92 Å². The van der Waals surface area contributed by atoms with Crippen molar-refractivity contribution < 1.29 is 4.52 Å². The van der Waals surface area contributed by atoms with Gasteiger partial charge in [-0.2, -0.15) is 0 Å². The third-order valence-electron chi connectivity index (χ3n) is 3.41. The summed E-state index contributed by atoms with van der Waals surface area (Å²) in [4.78, 5) is 0. The minimum atomic E-state index is 0.223. The Balaban J connectivity index is 2.02. The minimum absolute atomic E-state index is 0.223. The van der Waals surface area contributed by atoms with Crippen molar-refractivity contribution in [3.8, 4) is 11.3 Å². The molecule has 0 fully saturated rings. The first-order valence-electron chi connectivity index (χ1n) is 6.04. The summed E-state index contributed by atoms with van der Waals surface area (Å²) in [5, 5.41) is 4.20. The summed E-state index contributed by atoms with van der Waals surface area (Å²) >= 11 is 0. The number of rotatable bonds is 1. The quantitative estimate of drug-likeness (QED) is 0.815. The van der Waals surface area contributed by atoms with Gasteiger partial charge in [0.15, 0.2) is 0 Å². The van der Waals surface area contributed by atoms with E-state index in [-0.39, 0.29) is 6.04 Å². The lowest BCUT2D eigenvalue weighted by Gasteiger charge is -2.16. The molecule has 2 N–H and O–H groups in total. The molecule has 1 atom stereocenters. The molecule has 3 nitrogen and oxygen atoms in total. The molecular formula is C14H16N2O. The maximum Gasteiger partial charge on any atom is 0.142 e. The van der Waals surface area contributed by atoms with Crippen molar-refractivity contribution in [1.82, 2.24) is 5.16 Å². The SMILES string of the molecule is Cc1ccc(-c2noc3c2CCC(N)C3)cc1. The van der Waals surface area contributed by atoms with Crippen LogP contribution in [0.4, 0.5) is 0 Å². The van der Waals surface area contributed by atoms with Gasteiger partial charge in [-0.15, -0.1) is 0 Å². The predicted molar refractivity (Wildman–Crippen MR) is 66.7 cm³/mol. The Bertz CT molecular complexity index is 528. The molecule has 1 aliphatic rings. The molecule has 0 saturated heterocycles. The van der Waals surface area contributed by atoms with Gasteiger partial charge in [0.2, 0.25) is 0 Å². The highest BCUT2D eigenvalue weighted by molar-refractivity contribution is 5.64. The highest BCUT2D eigenvalue weighted by Gasteiger charge is 2.24. The molecule has 17 heavy (non-hydrogen) atoms. The summed E-state index contributed by atoms with van der Waals surface area (Å²) < 4.78 is 5.41. The lowest BCUT2D eigenvalue weighted by Crippen LogP contribution is -2.27. The van der Waals surface area contributed by atoms with E-state index in [4.69, 9.17) is 10.3 Å². The van der Waals surface area contributed by atoms with Crippen LogP contribution in [-0.4, -0.2) is 11.2 Å². The molecule has 0 amide bonds. The van der Waals surface area contributed by atoms with E-state index in [9.17, 15) is 0 Å². The fourth-order valence-electron chi connectivity index (χ4n) is 2.37. The van der Waals surface area contributed by atoms with E-state index in [1.54, 1.807) is 0 Å². The molecule has 88 valence electrons. The number of hydrogen-bond donors (Lipinski definition) is 1. The van der Waals surface area contributed by atoms with Crippen LogP contribution in [0.15, 0.2) is 28.8 Å². The zero-order valence-corrected chi connectivity index (χ0v) is 9.94. The van der Waals surface area contributed by atoms with Gasteiger partial charge in [0, 0.05) is 23.6 Å². The Morgan fingerprint density at radius 3 is 2.82 bits per heavy atom. The molecule has 3 heteroatoms. The van der Waals surface area contributed by atoms with E-state index in [1.165, 1.54) is 11.1 Å². The van der Waals surface area contributed by atoms with Crippen molar-refractivity contribution in [1.29, 1.82) is 0 Å². The summed E-state index contributed by atoms with van der Waals surface area (Å²) in [6.45, 7) is 2.08. The van der Waals surface area contributed by atoms with Crippen LogP contribution < -0.4 is 5.73 Å². The van der Waals surface area contributed by atoms with Gasteiger partial charge in [-0.3, -0.25) is 0 Å². The van der Waals surface area contributed by atoms with Crippen molar-refractivity contribution in [2.45, 2.75) is 32.2 Å². The summed E-state index contributed by atoms with van der Waals surface area (Å²) in [6, 6.07) is 8.63. The van der Waals surface area contributed by atoms with Crippen LogP contribution >= 0.6 is 0 Å². The highest BCUT2D eigenvalue weighted by Crippen LogP contribution is 2.30. The van der Waals surface area contributed by atoms with Gasteiger partial charge in [-0.05, 0) is 19.8 Å². The maximum absolute atomic E-state index is 5.93. The first kappa shape index (κ1) is 10.5. The minimum Gasteiger partial charge on any atom is -0.360 e. The fourth-order valence-corrected chi connectivity index (χ4v) is 2.37. The Labute approximate surface area is 101 Å². The van der Waals surface area contributed by atoms with Crippen molar-refractivity contribution in [3.63, 3.8) is 0 Å². The predicted octanol–water partition coefficient (Wildman–Crippen LogP) is 2.47. The normalized spacial score (nSPS) is 19.1. The second-order valence-electron chi connectivity index (χ2n) is 4.80. The Morgan fingerprint density at radius 2 is 2.06 bits per heavy atom. The number of benzene rings is 1. The summed E-state index contributed by atoms with van der Waals surface area (Å²) in [7, 11) is 0. The Morgan fingerprint density at radius 1 is 1.29 bits per heavy atom. The molecule has 1 aliphatic carbocycles. The molecule has 1 heterocycles. The second-order valence-corrected chi connectivity index (χ2v) is 4.80. The average molecular weight is 228 g/mol. The number of fused-ring (bicyclic) bond motifs is 1.